The van der Waals surface area contributed by atoms with Crippen LogP contribution in [0.5, 0.6) is 11.5 Å². The highest BCUT2D eigenvalue weighted by atomic mass is 19.3. The third-order valence-electron chi connectivity index (χ3n) is 4.68. The number of ether oxygens (including phenoxy) is 3. The standard InChI is InChI=1S/C19H29F2N3O3/c1-22-19(24(2)9-6-14-7-10-26-11-8-14)23-13-15-4-5-16(25-3)17(12-15)27-18(20)21/h4-5,12,14,18H,6-11,13H2,1-3H3,(H,22,23). The number of guanidine groups is 1. The average molecular weight is 385 g/mol. The molecule has 0 bridgehead atoms. The van der Waals surface area contributed by atoms with Crippen molar-refractivity contribution >= 4 is 5.96 Å². The second-order valence-electron chi connectivity index (χ2n) is 6.53. The molecular formula is C19H29F2N3O3. The van der Waals surface area contributed by atoms with E-state index in [0.29, 0.717) is 12.5 Å². The van der Waals surface area contributed by atoms with E-state index in [1.54, 1.807) is 25.2 Å². The molecule has 0 spiro atoms. The van der Waals surface area contributed by atoms with E-state index in [0.717, 1.165) is 50.5 Å². The molecule has 8 heteroatoms. The van der Waals surface area contributed by atoms with Gasteiger partial charge in [-0.05, 0) is 42.9 Å². The first-order chi connectivity index (χ1) is 13.0. The van der Waals surface area contributed by atoms with Crippen LogP contribution in [-0.4, -0.2) is 58.4 Å². The highest BCUT2D eigenvalue weighted by Crippen LogP contribution is 2.29. The molecule has 152 valence electrons. The fourth-order valence-electron chi connectivity index (χ4n) is 3.10. The van der Waals surface area contributed by atoms with E-state index in [1.165, 1.54) is 7.11 Å². The Hall–Kier alpha value is -2.09. The summed E-state index contributed by atoms with van der Waals surface area (Å²) >= 11 is 0. The van der Waals surface area contributed by atoms with Crippen molar-refractivity contribution in [3.8, 4) is 11.5 Å². The van der Waals surface area contributed by atoms with Gasteiger partial charge in [-0.15, -0.1) is 0 Å². The van der Waals surface area contributed by atoms with Gasteiger partial charge in [-0.3, -0.25) is 4.99 Å². The molecule has 0 aliphatic carbocycles. The topological polar surface area (TPSA) is 55.3 Å². The molecule has 6 nitrogen and oxygen atoms in total. The number of alkyl halides is 2. The summed E-state index contributed by atoms with van der Waals surface area (Å²) in [5.74, 6) is 1.75. The Labute approximate surface area is 159 Å². The molecule has 0 unspecified atom stereocenters. The van der Waals surface area contributed by atoms with Crippen molar-refractivity contribution in [3.05, 3.63) is 23.8 Å². The summed E-state index contributed by atoms with van der Waals surface area (Å²) in [4.78, 5) is 6.38. The van der Waals surface area contributed by atoms with Crippen LogP contribution in [0.2, 0.25) is 0 Å². The minimum Gasteiger partial charge on any atom is -0.493 e. The van der Waals surface area contributed by atoms with Crippen molar-refractivity contribution in [2.24, 2.45) is 10.9 Å². The summed E-state index contributed by atoms with van der Waals surface area (Å²) in [7, 11) is 5.14. The zero-order chi connectivity index (χ0) is 19.6. The van der Waals surface area contributed by atoms with Gasteiger partial charge >= 0.3 is 6.61 Å². The number of rotatable bonds is 8. The van der Waals surface area contributed by atoms with Gasteiger partial charge in [0.05, 0.1) is 7.11 Å². The Morgan fingerprint density at radius 3 is 2.70 bits per heavy atom. The fourth-order valence-corrected chi connectivity index (χ4v) is 3.10. The highest BCUT2D eigenvalue weighted by molar-refractivity contribution is 5.79. The Morgan fingerprint density at radius 2 is 2.07 bits per heavy atom. The van der Waals surface area contributed by atoms with Crippen LogP contribution in [0.4, 0.5) is 8.78 Å². The predicted molar refractivity (Wildman–Crippen MR) is 101 cm³/mol. The number of halogens is 2. The van der Waals surface area contributed by atoms with Gasteiger partial charge in [0.2, 0.25) is 0 Å². The molecule has 0 saturated carbocycles. The van der Waals surface area contributed by atoms with Gasteiger partial charge in [0.15, 0.2) is 17.5 Å². The molecule has 1 heterocycles. The third kappa shape index (κ3) is 6.86. The zero-order valence-corrected chi connectivity index (χ0v) is 16.2. The minimum absolute atomic E-state index is 0.0228. The van der Waals surface area contributed by atoms with Crippen molar-refractivity contribution in [1.82, 2.24) is 10.2 Å². The van der Waals surface area contributed by atoms with E-state index in [4.69, 9.17) is 9.47 Å². The van der Waals surface area contributed by atoms with Crippen LogP contribution < -0.4 is 14.8 Å². The molecule has 2 rings (SSSR count). The van der Waals surface area contributed by atoms with Gasteiger partial charge in [0.25, 0.3) is 0 Å². The molecule has 1 aliphatic heterocycles. The third-order valence-corrected chi connectivity index (χ3v) is 4.68. The van der Waals surface area contributed by atoms with E-state index in [-0.39, 0.29) is 11.5 Å². The lowest BCUT2D eigenvalue weighted by atomic mass is 9.96. The van der Waals surface area contributed by atoms with Crippen LogP contribution in [0.3, 0.4) is 0 Å². The summed E-state index contributed by atoms with van der Waals surface area (Å²) in [5, 5.41) is 3.26. The maximum Gasteiger partial charge on any atom is 0.387 e. The van der Waals surface area contributed by atoms with E-state index in [2.05, 4.69) is 19.9 Å². The van der Waals surface area contributed by atoms with Crippen molar-refractivity contribution in [3.63, 3.8) is 0 Å². The monoisotopic (exact) mass is 385 g/mol. The molecule has 1 aromatic rings. The number of nitrogens with one attached hydrogen (secondary N) is 1. The van der Waals surface area contributed by atoms with Gasteiger partial charge in [0.1, 0.15) is 0 Å². The Balaban J connectivity index is 1.88. The molecule has 1 aromatic carbocycles. The van der Waals surface area contributed by atoms with Crippen molar-refractivity contribution in [1.29, 1.82) is 0 Å². The SMILES string of the molecule is CN=C(NCc1ccc(OC)c(OC(F)F)c1)N(C)CCC1CCOCC1. The summed E-state index contributed by atoms with van der Waals surface area (Å²) in [6.45, 7) is 0.139. The Kier molecular flexibility index (Phi) is 8.57. The molecule has 1 N–H and O–H groups in total. The first kappa shape index (κ1) is 21.2. The first-order valence-electron chi connectivity index (χ1n) is 9.14. The Morgan fingerprint density at radius 1 is 1.33 bits per heavy atom. The van der Waals surface area contributed by atoms with E-state index in [9.17, 15) is 8.78 Å². The second-order valence-corrected chi connectivity index (χ2v) is 6.53. The van der Waals surface area contributed by atoms with Gasteiger partial charge < -0.3 is 24.4 Å². The lowest BCUT2D eigenvalue weighted by Gasteiger charge is -2.27. The zero-order valence-electron chi connectivity index (χ0n) is 16.2. The molecule has 0 amide bonds. The lowest BCUT2D eigenvalue weighted by Crippen LogP contribution is -2.39. The number of methoxy groups -OCH3 is 1. The highest BCUT2D eigenvalue weighted by Gasteiger charge is 2.16. The van der Waals surface area contributed by atoms with Crippen LogP contribution in [0.25, 0.3) is 0 Å². The number of hydrogen-bond acceptors (Lipinski definition) is 4. The molecule has 1 fully saturated rings. The average Bonchev–Trinajstić information content (AvgIpc) is 2.67. The lowest BCUT2D eigenvalue weighted by molar-refractivity contribution is -0.0512. The van der Waals surface area contributed by atoms with Crippen LogP contribution in [0.15, 0.2) is 23.2 Å². The largest absolute Gasteiger partial charge is 0.493 e. The van der Waals surface area contributed by atoms with Crippen LogP contribution in [0.1, 0.15) is 24.8 Å². The molecule has 0 atom stereocenters. The molecule has 1 saturated heterocycles. The molecular weight excluding hydrogens is 356 g/mol. The first-order valence-corrected chi connectivity index (χ1v) is 9.14. The van der Waals surface area contributed by atoms with Crippen LogP contribution >= 0.6 is 0 Å². The van der Waals surface area contributed by atoms with E-state index >= 15 is 0 Å². The second kappa shape index (κ2) is 10.9. The summed E-state index contributed by atoms with van der Waals surface area (Å²) < 4.78 is 40.1. The van der Waals surface area contributed by atoms with Crippen LogP contribution in [-0.2, 0) is 11.3 Å². The summed E-state index contributed by atoms with van der Waals surface area (Å²) in [5.41, 5.74) is 0.797. The van der Waals surface area contributed by atoms with E-state index in [1.807, 2.05) is 7.05 Å². The van der Waals surface area contributed by atoms with Crippen molar-refractivity contribution in [2.45, 2.75) is 32.4 Å². The number of nitrogens with zero attached hydrogens (tertiary/aromatic N) is 2. The Bertz CT molecular complexity index is 608. The quantitative estimate of drug-likeness (QED) is 0.550. The smallest absolute Gasteiger partial charge is 0.387 e. The van der Waals surface area contributed by atoms with Crippen LogP contribution in [0, 0.1) is 5.92 Å². The normalized spacial score (nSPS) is 15.7. The molecule has 1 aliphatic rings. The molecule has 0 radical (unpaired) electrons. The maximum atomic E-state index is 12.6. The fraction of sp³-hybridized carbons (Fsp3) is 0.632. The van der Waals surface area contributed by atoms with Crippen molar-refractivity contribution in [2.75, 3.05) is 41.0 Å². The van der Waals surface area contributed by atoms with Gasteiger partial charge in [-0.1, -0.05) is 6.07 Å². The summed E-state index contributed by atoms with van der Waals surface area (Å²) in [6, 6.07) is 4.97. The van der Waals surface area contributed by atoms with E-state index < -0.39 is 6.61 Å². The number of hydrogen-bond donors (Lipinski definition) is 1. The minimum atomic E-state index is -2.90. The maximum absolute atomic E-state index is 12.6. The number of aliphatic imine (C=N–C) groups is 1. The summed E-state index contributed by atoms with van der Waals surface area (Å²) in [6.07, 6.45) is 3.31. The van der Waals surface area contributed by atoms with Crippen molar-refractivity contribution < 1.29 is 23.0 Å². The number of benzene rings is 1. The molecule has 27 heavy (non-hydrogen) atoms. The predicted octanol–water partition coefficient (Wildman–Crippen LogP) is 3.12. The molecule has 0 aromatic heterocycles. The van der Waals surface area contributed by atoms with Gasteiger partial charge in [0, 0.05) is 40.4 Å². The van der Waals surface area contributed by atoms with Gasteiger partial charge in [-0.2, -0.15) is 8.78 Å². The van der Waals surface area contributed by atoms with Gasteiger partial charge in [-0.25, -0.2) is 0 Å².